The van der Waals surface area contributed by atoms with Crippen molar-refractivity contribution in [2.45, 2.75) is 6.54 Å². The fourth-order valence-corrected chi connectivity index (χ4v) is 1.08. The monoisotopic (exact) mass is 192 g/mol. The summed E-state index contributed by atoms with van der Waals surface area (Å²) < 4.78 is 34.2. The smallest absolute Gasteiger partial charge is 0.397 e. The van der Waals surface area contributed by atoms with Crippen molar-refractivity contribution in [1.29, 1.82) is 0 Å². The van der Waals surface area contributed by atoms with Crippen LogP contribution in [0.5, 0.6) is 11.5 Å². The number of halogens is 3. The van der Waals surface area contributed by atoms with Crippen LogP contribution < -0.4 is 9.47 Å². The second-order valence-electron chi connectivity index (χ2n) is 2.20. The maximum atomic E-state index is 13.0. The van der Waals surface area contributed by atoms with Gasteiger partial charge in [-0.3, -0.25) is 0 Å². The molecule has 0 aromatic heterocycles. The van der Waals surface area contributed by atoms with Crippen LogP contribution >= 0.6 is 11.6 Å². The summed E-state index contributed by atoms with van der Waals surface area (Å²) in [7, 11) is 0. The molecule has 1 unspecified atom stereocenters. The van der Waals surface area contributed by atoms with E-state index in [0.29, 0.717) is 0 Å². The third-order valence-electron chi connectivity index (χ3n) is 1.44. The standard InChI is InChI=1S/C7H3ClF2O2/c8-3-1-2-4-6(5(3)9)12-7(10)11-4/h1-2,7H. The molecule has 0 spiro atoms. The molecule has 64 valence electrons. The minimum atomic E-state index is -1.94. The van der Waals surface area contributed by atoms with Crippen LogP contribution in [0.25, 0.3) is 0 Å². The molecule has 5 heteroatoms. The molecule has 0 bridgehead atoms. The average molecular weight is 193 g/mol. The van der Waals surface area contributed by atoms with Gasteiger partial charge in [-0.1, -0.05) is 11.6 Å². The minimum Gasteiger partial charge on any atom is -0.425 e. The van der Waals surface area contributed by atoms with Gasteiger partial charge in [0.05, 0.1) is 5.02 Å². The minimum absolute atomic E-state index is 0.0319. The van der Waals surface area contributed by atoms with E-state index in [4.69, 9.17) is 11.6 Å². The van der Waals surface area contributed by atoms with E-state index < -0.39 is 12.4 Å². The van der Waals surface area contributed by atoms with Crippen LogP contribution in [-0.4, -0.2) is 6.54 Å². The van der Waals surface area contributed by atoms with Crippen molar-refractivity contribution >= 4 is 11.6 Å². The summed E-state index contributed by atoms with van der Waals surface area (Å²) in [5.74, 6) is -1.03. The molecule has 0 saturated heterocycles. The Morgan fingerprint density at radius 1 is 1.33 bits per heavy atom. The molecule has 0 N–H and O–H groups in total. The van der Waals surface area contributed by atoms with Gasteiger partial charge in [0, 0.05) is 0 Å². The molecule has 2 rings (SSSR count). The van der Waals surface area contributed by atoms with Crippen LogP contribution in [0.15, 0.2) is 12.1 Å². The van der Waals surface area contributed by atoms with E-state index in [1.165, 1.54) is 12.1 Å². The molecule has 0 aliphatic carbocycles. The summed E-state index contributed by atoms with van der Waals surface area (Å²) in [6.07, 6.45) is 0. The Labute approximate surface area is 71.7 Å². The largest absolute Gasteiger partial charge is 0.425 e. The molecule has 1 aromatic rings. The lowest BCUT2D eigenvalue weighted by molar-refractivity contribution is -0.0663. The lowest BCUT2D eigenvalue weighted by atomic mass is 10.3. The molecule has 0 fully saturated rings. The average Bonchev–Trinajstić information content (AvgIpc) is 2.39. The van der Waals surface area contributed by atoms with Crippen molar-refractivity contribution in [2.24, 2.45) is 0 Å². The number of alkyl halides is 1. The fourth-order valence-electron chi connectivity index (χ4n) is 0.933. The SMILES string of the molecule is Fc1c(Cl)ccc2c1OC(F)O2. The van der Waals surface area contributed by atoms with Crippen molar-refractivity contribution in [3.8, 4) is 11.5 Å². The highest BCUT2D eigenvalue weighted by Gasteiger charge is 2.27. The highest BCUT2D eigenvalue weighted by atomic mass is 35.5. The predicted molar refractivity (Wildman–Crippen MR) is 37.6 cm³/mol. The number of ether oxygens (including phenoxy) is 2. The molecule has 0 amide bonds. The fraction of sp³-hybridized carbons (Fsp3) is 0.143. The molecule has 1 aliphatic rings. The quantitative estimate of drug-likeness (QED) is 0.629. The first-order valence-corrected chi connectivity index (χ1v) is 3.51. The van der Waals surface area contributed by atoms with Crippen LogP contribution in [-0.2, 0) is 0 Å². The number of hydrogen-bond acceptors (Lipinski definition) is 2. The maximum absolute atomic E-state index is 13.0. The van der Waals surface area contributed by atoms with E-state index in [2.05, 4.69) is 9.47 Å². The zero-order valence-electron chi connectivity index (χ0n) is 5.68. The lowest BCUT2D eigenvalue weighted by Gasteiger charge is -1.97. The Bertz CT molecular complexity index is 329. The number of fused-ring (bicyclic) bond motifs is 1. The number of benzene rings is 1. The van der Waals surface area contributed by atoms with E-state index >= 15 is 0 Å². The van der Waals surface area contributed by atoms with E-state index in [-0.39, 0.29) is 16.5 Å². The van der Waals surface area contributed by atoms with Crippen molar-refractivity contribution in [3.63, 3.8) is 0 Å². The number of hydrogen-bond donors (Lipinski definition) is 0. The van der Waals surface area contributed by atoms with Gasteiger partial charge in [-0.05, 0) is 12.1 Å². The summed E-state index contributed by atoms with van der Waals surface area (Å²) in [5.41, 5.74) is 0. The Morgan fingerprint density at radius 3 is 2.83 bits per heavy atom. The van der Waals surface area contributed by atoms with Crippen LogP contribution in [0.3, 0.4) is 0 Å². The summed E-state index contributed by atoms with van der Waals surface area (Å²) in [6.45, 7) is -1.94. The Morgan fingerprint density at radius 2 is 2.08 bits per heavy atom. The molecule has 12 heavy (non-hydrogen) atoms. The molecule has 1 heterocycles. The van der Waals surface area contributed by atoms with Crippen LogP contribution in [0.2, 0.25) is 5.02 Å². The zero-order chi connectivity index (χ0) is 8.72. The summed E-state index contributed by atoms with van der Waals surface area (Å²) in [5, 5.41) is -0.119. The third kappa shape index (κ3) is 0.992. The molecule has 1 aliphatic heterocycles. The van der Waals surface area contributed by atoms with Gasteiger partial charge in [0.25, 0.3) is 0 Å². The van der Waals surface area contributed by atoms with Gasteiger partial charge in [-0.15, -0.1) is 0 Å². The first kappa shape index (κ1) is 7.61. The molecular weight excluding hydrogens is 190 g/mol. The Kier molecular flexibility index (Phi) is 1.58. The van der Waals surface area contributed by atoms with Gasteiger partial charge in [0.15, 0.2) is 11.6 Å². The highest BCUT2D eigenvalue weighted by molar-refractivity contribution is 6.30. The Hall–Kier alpha value is -1.03. The van der Waals surface area contributed by atoms with Crippen LogP contribution in [0.4, 0.5) is 8.78 Å². The van der Waals surface area contributed by atoms with Crippen molar-refractivity contribution < 1.29 is 18.3 Å². The molecule has 2 nitrogen and oxygen atoms in total. The van der Waals surface area contributed by atoms with E-state index in [1.807, 2.05) is 0 Å². The second kappa shape index (κ2) is 2.48. The summed E-state index contributed by atoms with van der Waals surface area (Å²) in [4.78, 5) is 0. The predicted octanol–water partition coefficient (Wildman–Crippen LogP) is 2.50. The second-order valence-corrected chi connectivity index (χ2v) is 2.61. The molecule has 0 saturated carbocycles. The van der Waals surface area contributed by atoms with Gasteiger partial charge >= 0.3 is 6.54 Å². The number of rotatable bonds is 0. The van der Waals surface area contributed by atoms with Gasteiger partial charge in [0.1, 0.15) is 0 Å². The van der Waals surface area contributed by atoms with E-state index in [9.17, 15) is 8.78 Å². The zero-order valence-corrected chi connectivity index (χ0v) is 6.44. The topological polar surface area (TPSA) is 18.5 Å². The highest BCUT2D eigenvalue weighted by Crippen LogP contribution is 2.40. The van der Waals surface area contributed by atoms with E-state index in [1.54, 1.807) is 0 Å². The van der Waals surface area contributed by atoms with Crippen molar-refractivity contribution in [3.05, 3.63) is 23.0 Å². The van der Waals surface area contributed by atoms with Crippen LogP contribution in [0, 0.1) is 5.82 Å². The summed E-state index contributed by atoms with van der Waals surface area (Å²) in [6, 6.07) is 2.62. The maximum Gasteiger partial charge on any atom is 0.397 e. The molecule has 1 aromatic carbocycles. The lowest BCUT2D eigenvalue weighted by Crippen LogP contribution is -2.09. The van der Waals surface area contributed by atoms with Crippen LogP contribution in [0.1, 0.15) is 0 Å². The van der Waals surface area contributed by atoms with Crippen molar-refractivity contribution in [2.75, 3.05) is 0 Å². The van der Waals surface area contributed by atoms with Gasteiger partial charge in [0.2, 0.25) is 5.75 Å². The van der Waals surface area contributed by atoms with Gasteiger partial charge in [-0.2, -0.15) is 4.39 Å². The Balaban J connectivity index is 2.54. The first-order chi connectivity index (χ1) is 5.68. The first-order valence-electron chi connectivity index (χ1n) is 3.14. The normalized spacial score (nSPS) is 19.8. The molecule has 1 atom stereocenters. The van der Waals surface area contributed by atoms with Gasteiger partial charge < -0.3 is 9.47 Å². The molecular formula is C7H3ClF2O2. The van der Waals surface area contributed by atoms with E-state index in [0.717, 1.165) is 0 Å². The molecule has 0 radical (unpaired) electrons. The van der Waals surface area contributed by atoms with Gasteiger partial charge in [-0.25, -0.2) is 4.39 Å². The van der Waals surface area contributed by atoms with Crippen molar-refractivity contribution in [1.82, 2.24) is 0 Å². The summed E-state index contributed by atoms with van der Waals surface area (Å²) >= 11 is 5.41. The third-order valence-corrected chi connectivity index (χ3v) is 1.74.